The molecule has 38 heavy (non-hydrogen) atoms. The largest absolute Gasteiger partial charge is 0.468 e. The van der Waals surface area contributed by atoms with Crippen molar-refractivity contribution in [3.05, 3.63) is 42.7 Å². The summed E-state index contributed by atoms with van der Waals surface area (Å²) in [4.78, 5) is 40.4. The molecule has 4 rings (SSSR count). The molecule has 0 spiro atoms. The van der Waals surface area contributed by atoms with Gasteiger partial charge in [0, 0.05) is 31.1 Å². The summed E-state index contributed by atoms with van der Waals surface area (Å²) < 4.78 is 22.3. The molecule has 206 valence electrons. The third-order valence-corrected chi connectivity index (χ3v) is 7.45. The van der Waals surface area contributed by atoms with Crippen molar-refractivity contribution in [1.29, 1.82) is 0 Å². The molecule has 1 aliphatic heterocycles. The number of halogens is 3. The van der Waals surface area contributed by atoms with E-state index >= 15 is 0 Å². The number of anilines is 2. The second-order valence-corrected chi connectivity index (χ2v) is 10.3. The average Bonchev–Trinajstić information content (AvgIpc) is 3.20. The van der Waals surface area contributed by atoms with Crippen LogP contribution in [0.4, 0.5) is 22.0 Å². The molecule has 0 saturated carbocycles. The van der Waals surface area contributed by atoms with Crippen molar-refractivity contribution in [2.45, 2.75) is 44.7 Å². The minimum atomic E-state index is -0.580. The summed E-state index contributed by atoms with van der Waals surface area (Å²) in [7, 11) is 1.30. The smallest absolute Gasteiger partial charge is 0.325 e. The molecule has 16 heteroatoms. The molecule has 2 N–H and O–H groups in total. The fraction of sp³-hybridized carbons (Fsp3) is 0.455. The van der Waals surface area contributed by atoms with Crippen LogP contribution in [0.25, 0.3) is 0 Å². The quantitative estimate of drug-likeness (QED) is 0.287. The van der Waals surface area contributed by atoms with Crippen molar-refractivity contribution >= 4 is 69.9 Å². The van der Waals surface area contributed by atoms with Gasteiger partial charge in [0.05, 0.1) is 17.9 Å². The van der Waals surface area contributed by atoms with Crippen molar-refractivity contribution in [3.63, 3.8) is 0 Å². The first kappa shape index (κ1) is 29.9. The van der Waals surface area contributed by atoms with E-state index in [4.69, 9.17) is 23.2 Å². The summed E-state index contributed by atoms with van der Waals surface area (Å²) in [6, 6.07) is 2.64. The molecular formula is C22H27Cl2FN8O3S2. The van der Waals surface area contributed by atoms with Crippen molar-refractivity contribution in [2.75, 3.05) is 36.6 Å². The summed E-state index contributed by atoms with van der Waals surface area (Å²) in [6.07, 6.45) is 1.90. The lowest BCUT2D eigenvalue weighted by atomic mass is 10.3. The van der Waals surface area contributed by atoms with Gasteiger partial charge in [0.1, 0.15) is 11.5 Å². The summed E-state index contributed by atoms with van der Waals surface area (Å²) in [5.74, 6) is 0.0739. The number of hydrogen-bond acceptors (Lipinski definition) is 11. The molecule has 0 aliphatic carbocycles. The van der Waals surface area contributed by atoms with E-state index in [1.807, 2.05) is 13.8 Å². The van der Waals surface area contributed by atoms with Gasteiger partial charge in [-0.25, -0.2) is 14.1 Å². The van der Waals surface area contributed by atoms with Gasteiger partial charge >= 0.3 is 10.8 Å². The number of aromatic nitrogens is 5. The van der Waals surface area contributed by atoms with Crippen LogP contribution in [0.3, 0.4) is 0 Å². The first-order valence-electron chi connectivity index (χ1n) is 11.7. The van der Waals surface area contributed by atoms with Crippen LogP contribution in [-0.2, 0) is 22.6 Å². The molecule has 3 aromatic rings. The second kappa shape index (κ2) is 14.5. The van der Waals surface area contributed by atoms with E-state index in [1.54, 1.807) is 9.36 Å². The fourth-order valence-electron chi connectivity index (χ4n) is 3.26. The lowest BCUT2D eigenvalue weighted by Gasteiger charge is -2.15. The monoisotopic (exact) mass is 604 g/mol. The normalized spacial score (nSPS) is 12.8. The number of carbonyl (C=O) groups excluding carboxylic acids is 1. The number of nitrogens with zero attached hydrogens (tertiary/aromatic N) is 6. The third kappa shape index (κ3) is 8.16. The molecule has 0 saturated heterocycles. The highest BCUT2D eigenvalue weighted by atomic mass is 35.5. The van der Waals surface area contributed by atoms with E-state index in [-0.39, 0.29) is 26.6 Å². The van der Waals surface area contributed by atoms with E-state index in [0.29, 0.717) is 34.7 Å². The Morgan fingerprint density at radius 2 is 1.76 bits per heavy atom. The van der Waals surface area contributed by atoms with E-state index < -0.39 is 11.8 Å². The van der Waals surface area contributed by atoms with E-state index in [1.165, 1.54) is 13.2 Å². The number of rotatable bonds is 8. The standard InChI is InChI=1S/C15H15ClFN3O3S2.C7H12ClN5/c1-23-13(21)8-24-12-7-11(10(17)6-9(12)16)18-14-19-4-2-3-5-20(19)15(22)25-14;1-3-9-6-11-5(8)12-7(13-6)10-4-2/h6-7H,2-5,8H2,1H3;3-4H2,1-2H3,(H2,9,10,11,12,13). The number of carbonyl (C=O) groups is 1. The SMILES string of the molecule is CCNc1nc(Cl)nc(NCC)n1.COC(=O)CSc1cc(N=c2sc(=O)n3n2CCCC3)c(F)cc1Cl. The minimum absolute atomic E-state index is 0.0605. The van der Waals surface area contributed by atoms with Gasteiger partial charge in [-0.15, -0.1) is 11.8 Å². The number of thioether (sulfide) groups is 1. The fourth-order valence-corrected chi connectivity index (χ4v) is 5.40. The Morgan fingerprint density at radius 3 is 2.37 bits per heavy atom. The number of ether oxygens (including phenoxy) is 1. The average molecular weight is 606 g/mol. The lowest BCUT2D eigenvalue weighted by Crippen LogP contribution is -2.31. The van der Waals surface area contributed by atoms with Crippen LogP contribution in [0.15, 0.2) is 26.8 Å². The molecule has 3 heterocycles. The Balaban J connectivity index is 0.000000260. The molecule has 0 amide bonds. The highest BCUT2D eigenvalue weighted by Gasteiger charge is 2.15. The molecular weight excluding hydrogens is 578 g/mol. The first-order chi connectivity index (χ1) is 18.2. The highest BCUT2D eigenvalue weighted by Crippen LogP contribution is 2.33. The van der Waals surface area contributed by atoms with Gasteiger partial charge in [-0.05, 0) is 61.8 Å². The van der Waals surface area contributed by atoms with Crippen molar-refractivity contribution in [3.8, 4) is 0 Å². The maximum atomic E-state index is 14.3. The van der Waals surface area contributed by atoms with Crippen molar-refractivity contribution < 1.29 is 13.9 Å². The molecule has 0 fully saturated rings. The maximum absolute atomic E-state index is 14.3. The molecule has 0 atom stereocenters. The van der Waals surface area contributed by atoms with Gasteiger partial charge in [0.2, 0.25) is 22.0 Å². The van der Waals surface area contributed by atoms with Gasteiger partial charge < -0.3 is 15.4 Å². The zero-order chi connectivity index (χ0) is 27.7. The number of hydrogen-bond donors (Lipinski definition) is 2. The third-order valence-electron chi connectivity index (χ3n) is 4.96. The van der Waals surface area contributed by atoms with Crippen LogP contribution in [0, 0.1) is 5.82 Å². The zero-order valence-corrected chi connectivity index (χ0v) is 24.1. The Morgan fingerprint density at radius 1 is 1.13 bits per heavy atom. The Kier molecular flexibility index (Phi) is 11.4. The molecule has 11 nitrogen and oxygen atoms in total. The zero-order valence-electron chi connectivity index (χ0n) is 21.0. The van der Waals surface area contributed by atoms with Crippen LogP contribution in [0.1, 0.15) is 26.7 Å². The van der Waals surface area contributed by atoms with Crippen LogP contribution in [-0.4, -0.2) is 56.2 Å². The molecule has 1 aliphatic rings. The molecule has 0 bridgehead atoms. The number of benzene rings is 1. The van der Waals surface area contributed by atoms with Crippen LogP contribution < -0.4 is 20.3 Å². The number of nitrogens with one attached hydrogen (secondary N) is 2. The predicted molar refractivity (Wildman–Crippen MR) is 148 cm³/mol. The minimum Gasteiger partial charge on any atom is -0.468 e. The lowest BCUT2D eigenvalue weighted by molar-refractivity contribution is -0.137. The number of methoxy groups -OCH3 is 1. The van der Waals surface area contributed by atoms with E-state index in [2.05, 4.69) is 35.3 Å². The topological polar surface area (TPSA) is 128 Å². The summed E-state index contributed by atoms with van der Waals surface area (Å²) in [5.41, 5.74) is 0.0829. The van der Waals surface area contributed by atoms with E-state index in [0.717, 1.165) is 55.1 Å². The summed E-state index contributed by atoms with van der Waals surface area (Å²) >= 11 is 13.9. The molecule has 0 unspecified atom stereocenters. The Hall–Kier alpha value is -2.68. The van der Waals surface area contributed by atoms with E-state index in [9.17, 15) is 14.0 Å². The second-order valence-electron chi connectivity index (χ2n) is 7.63. The Bertz CT molecular complexity index is 1370. The van der Waals surface area contributed by atoms with Gasteiger partial charge in [-0.3, -0.25) is 14.3 Å². The van der Waals surface area contributed by atoms with Crippen molar-refractivity contribution in [1.82, 2.24) is 24.3 Å². The van der Waals surface area contributed by atoms with Crippen LogP contribution in [0.2, 0.25) is 10.3 Å². The highest BCUT2D eigenvalue weighted by molar-refractivity contribution is 8.00. The van der Waals surface area contributed by atoms with Crippen LogP contribution >= 0.6 is 46.3 Å². The summed E-state index contributed by atoms with van der Waals surface area (Å²) in [5, 5.41) is 6.32. The number of esters is 1. The maximum Gasteiger partial charge on any atom is 0.325 e. The van der Waals surface area contributed by atoms with Gasteiger partial charge in [0.15, 0.2) is 0 Å². The van der Waals surface area contributed by atoms with Gasteiger partial charge in [0.25, 0.3) is 0 Å². The molecule has 0 radical (unpaired) electrons. The predicted octanol–water partition coefficient (Wildman–Crippen LogP) is 4.18. The molecule has 2 aromatic heterocycles. The first-order valence-corrected chi connectivity index (χ1v) is 14.2. The Labute approximate surface area is 236 Å². The van der Waals surface area contributed by atoms with Crippen LogP contribution in [0.5, 0.6) is 0 Å². The summed E-state index contributed by atoms with van der Waals surface area (Å²) in [6.45, 7) is 6.76. The van der Waals surface area contributed by atoms with Crippen molar-refractivity contribution in [2.24, 2.45) is 4.99 Å². The van der Waals surface area contributed by atoms with Gasteiger partial charge in [-0.2, -0.15) is 15.0 Å². The number of fused-ring (bicyclic) bond motifs is 1. The molecule has 1 aromatic carbocycles. The van der Waals surface area contributed by atoms with Gasteiger partial charge in [-0.1, -0.05) is 11.6 Å².